The molecular weight excluding hydrogens is 502 g/mol. The minimum Gasteiger partial charge on any atom is -0.465 e. The zero-order valence-electron chi connectivity index (χ0n) is 19.4. The summed E-state index contributed by atoms with van der Waals surface area (Å²) in [5.41, 5.74) is -1.07. The van der Waals surface area contributed by atoms with Crippen LogP contribution < -0.4 is 10.6 Å². The normalized spacial score (nSPS) is 11.8. The summed E-state index contributed by atoms with van der Waals surface area (Å²) < 4.78 is 84.3. The van der Waals surface area contributed by atoms with E-state index in [9.17, 15) is 35.9 Å². The lowest BCUT2D eigenvalue weighted by Crippen LogP contribution is -2.30. The second kappa shape index (κ2) is 11.4. The molecule has 3 aromatic rings. The first-order chi connectivity index (χ1) is 17.4. The van der Waals surface area contributed by atoms with Crippen LogP contribution in [0.1, 0.15) is 45.0 Å². The number of alkyl halides is 6. The van der Waals surface area contributed by atoms with Gasteiger partial charge < -0.3 is 15.4 Å². The quantitative estimate of drug-likeness (QED) is 0.262. The summed E-state index contributed by atoms with van der Waals surface area (Å²) in [6, 6.07) is 14.0. The monoisotopic (exact) mass is 524 g/mol. The Bertz CT molecular complexity index is 1200. The molecule has 0 unspecified atom stereocenters. The van der Waals surface area contributed by atoms with Crippen molar-refractivity contribution >= 4 is 17.7 Å². The summed E-state index contributed by atoms with van der Waals surface area (Å²) in [6.45, 7) is -0.0698. The van der Waals surface area contributed by atoms with Gasteiger partial charge in [-0.25, -0.2) is 9.59 Å². The molecule has 0 aliphatic heterocycles. The maximum atomic E-state index is 13.3. The van der Waals surface area contributed by atoms with E-state index >= 15 is 0 Å². The number of benzene rings is 3. The highest BCUT2D eigenvalue weighted by Gasteiger charge is 2.33. The molecule has 0 heterocycles. The van der Waals surface area contributed by atoms with E-state index in [0.717, 1.165) is 24.3 Å². The van der Waals surface area contributed by atoms with Crippen molar-refractivity contribution in [1.82, 2.24) is 5.32 Å². The van der Waals surface area contributed by atoms with Gasteiger partial charge in [0.2, 0.25) is 0 Å². The van der Waals surface area contributed by atoms with Gasteiger partial charge in [-0.1, -0.05) is 42.5 Å². The summed E-state index contributed by atoms with van der Waals surface area (Å²) >= 11 is 0. The van der Waals surface area contributed by atoms with Crippen LogP contribution in [0.4, 0.5) is 36.8 Å². The van der Waals surface area contributed by atoms with Gasteiger partial charge >= 0.3 is 24.4 Å². The SMILES string of the molecule is COC(=O)c1cccc(NC(=O)NCCC(c2cccc(C(F)(F)F)c2)c2cccc(C(F)(F)F)c2)c1. The van der Waals surface area contributed by atoms with Gasteiger partial charge in [-0.2, -0.15) is 26.3 Å². The van der Waals surface area contributed by atoms with Crippen molar-refractivity contribution in [3.63, 3.8) is 0 Å². The molecule has 3 aromatic carbocycles. The summed E-state index contributed by atoms with van der Waals surface area (Å²) in [4.78, 5) is 24.0. The molecule has 0 saturated heterocycles. The Morgan fingerprint density at radius 1 is 0.811 bits per heavy atom. The van der Waals surface area contributed by atoms with Gasteiger partial charge in [0, 0.05) is 18.2 Å². The van der Waals surface area contributed by atoms with E-state index in [0.29, 0.717) is 0 Å². The van der Waals surface area contributed by atoms with Crippen LogP contribution in [0.5, 0.6) is 0 Å². The van der Waals surface area contributed by atoms with Gasteiger partial charge in [-0.3, -0.25) is 0 Å². The maximum Gasteiger partial charge on any atom is 0.416 e. The number of urea groups is 1. The number of carbonyl (C=O) groups excluding carboxylic acids is 2. The predicted octanol–water partition coefficient (Wildman–Crippen LogP) is 6.85. The predicted molar refractivity (Wildman–Crippen MR) is 124 cm³/mol. The number of anilines is 1. The van der Waals surface area contributed by atoms with Crippen LogP contribution >= 0.6 is 0 Å². The minimum absolute atomic E-state index is 0.0121. The molecule has 0 saturated carbocycles. The Morgan fingerprint density at radius 3 is 1.86 bits per heavy atom. The lowest BCUT2D eigenvalue weighted by molar-refractivity contribution is -0.138. The van der Waals surface area contributed by atoms with Crippen LogP contribution in [0.15, 0.2) is 72.8 Å². The number of hydrogen-bond donors (Lipinski definition) is 2. The molecule has 0 aliphatic carbocycles. The molecule has 2 N–H and O–H groups in total. The van der Waals surface area contributed by atoms with Gasteiger partial charge in [0.25, 0.3) is 0 Å². The highest BCUT2D eigenvalue weighted by atomic mass is 19.4. The molecule has 0 radical (unpaired) electrons. The van der Waals surface area contributed by atoms with Gasteiger partial charge in [-0.15, -0.1) is 0 Å². The zero-order valence-corrected chi connectivity index (χ0v) is 19.4. The van der Waals surface area contributed by atoms with Gasteiger partial charge in [0.15, 0.2) is 0 Å². The van der Waals surface area contributed by atoms with Crippen molar-refractivity contribution in [2.45, 2.75) is 24.7 Å². The van der Waals surface area contributed by atoms with Crippen molar-refractivity contribution < 1.29 is 40.7 Å². The molecule has 0 aliphatic rings. The lowest BCUT2D eigenvalue weighted by Gasteiger charge is -2.21. The van der Waals surface area contributed by atoms with E-state index in [2.05, 4.69) is 15.4 Å². The zero-order chi connectivity index (χ0) is 27.2. The summed E-state index contributed by atoms with van der Waals surface area (Å²) in [5, 5.41) is 5.06. The van der Waals surface area contributed by atoms with E-state index in [1.807, 2.05) is 0 Å². The average molecular weight is 524 g/mol. The van der Waals surface area contributed by atoms with Gasteiger partial charge in [-0.05, 0) is 47.9 Å². The summed E-state index contributed by atoms with van der Waals surface area (Å²) in [5.74, 6) is -1.47. The number of ether oxygens (including phenoxy) is 1. The number of halogens is 6. The Balaban J connectivity index is 1.79. The minimum atomic E-state index is -4.63. The number of hydrogen-bond acceptors (Lipinski definition) is 3. The van der Waals surface area contributed by atoms with Crippen molar-refractivity contribution in [2.24, 2.45) is 0 Å². The number of amides is 2. The van der Waals surface area contributed by atoms with Crippen LogP contribution in [0.2, 0.25) is 0 Å². The average Bonchev–Trinajstić information content (AvgIpc) is 2.85. The molecule has 0 atom stereocenters. The molecule has 0 bridgehead atoms. The number of methoxy groups -OCH3 is 1. The molecule has 0 aromatic heterocycles. The van der Waals surface area contributed by atoms with Crippen molar-refractivity contribution in [1.29, 1.82) is 0 Å². The molecule has 0 spiro atoms. The largest absolute Gasteiger partial charge is 0.465 e. The molecule has 2 amide bonds. The fourth-order valence-electron chi connectivity index (χ4n) is 3.74. The Morgan fingerprint density at radius 2 is 1.35 bits per heavy atom. The summed E-state index contributed by atoms with van der Waals surface area (Å²) in [7, 11) is 1.21. The first kappa shape index (κ1) is 27.6. The second-order valence-corrected chi connectivity index (χ2v) is 8.04. The van der Waals surface area contributed by atoms with Crippen LogP contribution in [0.3, 0.4) is 0 Å². The highest BCUT2D eigenvalue weighted by Crippen LogP contribution is 2.36. The molecular formula is C26H22F6N2O3. The van der Waals surface area contributed by atoms with E-state index in [4.69, 9.17) is 0 Å². The van der Waals surface area contributed by atoms with Gasteiger partial charge in [0.1, 0.15) is 0 Å². The molecule has 11 heteroatoms. The number of nitrogens with one attached hydrogen (secondary N) is 2. The first-order valence-electron chi connectivity index (χ1n) is 11.0. The Labute approximate surface area is 208 Å². The molecule has 0 fully saturated rings. The number of esters is 1. The lowest BCUT2D eigenvalue weighted by atomic mass is 9.87. The smallest absolute Gasteiger partial charge is 0.416 e. The summed E-state index contributed by atoms with van der Waals surface area (Å²) in [6.07, 6.45) is -9.26. The van der Waals surface area contributed by atoms with Crippen LogP contribution in [-0.2, 0) is 17.1 Å². The maximum absolute atomic E-state index is 13.3. The van der Waals surface area contributed by atoms with Crippen LogP contribution in [-0.4, -0.2) is 25.7 Å². The first-order valence-corrected chi connectivity index (χ1v) is 11.0. The van der Waals surface area contributed by atoms with Crippen LogP contribution in [0.25, 0.3) is 0 Å². The van der Waals surface area contributed by atoms with E-state index in [-0.39, 0.29) is 35.3 Å². The van der Waals surface area contributed by atoms with Crippen LogP contribution in [0, 0.1) is 0 Å². The van der Waals surface area contributed by atoms with E-state index < -0.39 is 41.4 Å². The third-order valence-electron chi connectivity index (χ3n) is 5.49. The fourth-order valence-corrected chi connectivity index (χ4v) is 3.74. The Hall–Kier alpha value is -4.02. The van der Waals surface area contributed by atoms with E-state index in [1.54, 1.807) is 0 Å². The molecule has 37 heavy (non-hydrogen) atoms. The number of carbonyl (C=O) groups is 2. The van der Waals surface area contributed by atoms with Gasteiger partial charge in [0.05, 0.1) is 23.8 Å². The van der Waals surface area contributed by atoms with Crippen molar-refractivity contribution in [3.8, 4) is 0 Å². The Kier molecular flexibility index (Phi) is 8.46. The third kappa shape index (κ3) is 7.48. The molecule has 196 valence electrons. The van der Waals surface area contributed by atoms with E-state index in [1.165, 1.54) is 55.6 Å². The van der Waals surface area contributed by atoms with Crippen molar-refractivity contribution in [3.05, 3.63) is 101 Å². The second-order valence-electron chi connectivity index (χ2n) is 8.04. The number of rotatable bonds is 7. The fraction of sp³-hybridized carbons (Fsp3) is 0.231. The standard InChI is InChI=1S/C26H22F6N2O3/c1-37-23(35)18-7-4-10-21(15-18)34-24(36)33-12-11-22(16-5-2-8-19(13-16)25(27,28)29)17-6-3-9-20(14-17)26(30,31)32/h2-10,13-15,22H,11-12H2,1H3,(H2,33,34,36). The third-order valence-corrected chi connectivity index (χ3v) is 5.49. The highest BCUT2D eigenvalue weighted by molar-refractivity contribution is 5.93. The topological polar surface area (TPSA) is 67.4 Å². The molecule has 5 nitrogen and oxygen atoms in total. The van der Waals surface area contributed by atoms with Crippen molar-refractivity contribution in [2.75, 3.05) is 19.0 Å². The molecule has 3 rings (SSSR count).